The summed E-state index contributed by atoms with van der Waals surface area (Å²) >= 11 is 1.47. The first-order valence-corrected chi connectivity index (χ1v) is 7.92. The minimum absolute atomic E-state index is 0. The van der Waals surface area contributed by atoms with Gasteiger partial charge in [-0.15, -0.1) is 23.7 Å². The fraction of sp³-hybridized carbons (Fsp3) is 0.250. The zero-order chi connectivity index (χ0) is 15.7. The van der Waals surface area contributed by atoms with E-state index in [-0.39, 0.29) is 18.3 Å². The van der Waals surface area contributed by atoms with Gasteiger partial charge in [0.05, 0.1) is 10.6 Å². The average molecular weight is 351 g/mol. The van der Waals surface area contributed by atoms with E-state index in [1.54, 1.807) is 0 Å². The number of carbonyl (C=O) groups excluding carboxylic acids is 1. The molecule has 1 aromatic carbocycles. The van der Waals surface area contributed by atoms with E-state index in [9.17, 15) is 4.79 Å². The molecule has 0 atom stereocenters. The van der Waals surface area contributed by atoms with Gasteiger partial charge in [0.2, 0.25) is 0 Å². The molecule has 0 fully saturated rings. The molecule has 0 aliphatic heterocycles. The van der Waals surface area contributed by atoms with Gasteiger partial charge in [-0.05, 0) is 37.1 Å². The second-order valence-corrected chi connectivity index (χ2v) is 6.32. The monoisotopic (exact) mass is 350 g/mol. The highest BCUT2D eigenvalue weighted by atomic mass is 35.5. The Bertz CT molecular complexity index is 788. The molecule has 0 aliphatic carbocycles. The van der Waals surface area contributed by atoms with Crippen LogP contribution in [-0.4, -0.2) is 22.2 Å². The summed E-state index contributed by atoms with van der Waals surface area (Å²) in [4.78, 5) is 14.0. The predicted octanol–water partition coefficient (Wildman–Crippen LogP) is 2.92. The summed E-state index contributed by atoms with van der Waals surface area (Å²) in [5.74, 6) is -0.0314. The predicted molar refractivity (Wildman–Crippen MR) is 97.5 cm³/mol. The number of hydrogen-bond donors (Lipinski definition) is 2. The molecule has 23 heavy (non-hydrogen) atoms. The van der Waals surface area contributed by atoms with Crippen molar-refractivity contribution in [2.75, 3.05) is 12.3 Å². The quantitative estimate of drug-likeness (QED) is 0.710. The lowest BCUT2D eigenvalue weighted by Gasteiger charge is -2.04. The van der Waals surface area contributed by atoms with Crippen molar-refractivity contribution < 1.29 is 4.79 Å². The number of anilines is 1. The number of carbonyl (C=O) groups is 1. The Kier molecular flexibility index (Phi) is 5.28. The average Bonchev–Trinajstić information content (AvgIpc) is 3.04. The Hall–Kier alpha value is -2.05. The van der Waals surface area contributed by atoms with Crippen LogP contribution in [0.2, 0.25) is 0 Å². The SMILES string of the molecule is Cc1nn(C)c2sc(C(=O)NCCc3ccc(N)cc3)cc12.Cl. The summed E-state index contributed by atoms with van der Waals surface area (Å²) in [6.45, 7) is 2.56. The smallest absolute Gasteiger partial charge is 0.261 e. The van der Waals surface area contributed by atoms with E-state index < -0.39 is 0 Å². The zero-order valence-corrected chi connectivity index (χ0v) is 14.6. The molecule has 0 spiro atoms. The normalized spacial score (nSPS) is 10.5. The molecule has 0 unspecified atom stereocenters. The van der Waals surface area contributed by atoms with Gasteiger partial charge in [0, 0.05) is 24.7 Å². The first-order valence-electron chi connectivity index (χ1n) is 7.10. The van der Waals surface area contributed by atoms with E-state index in [0.717, 1.165) is 38.5 Å². The topological polar surface area (TPSA) is 72.9 Å². The number of rotatable bonds is 4. The third-order valence-electron chi connectivity index (χ3n) is 3.60. The zero-order valence-electron chi connectivity index (χ0n) is 13.0. The van der Waals surface area contributed by atoms with Gasteiger partial charge in [0.15, 0.2) is 0 Å². The molecule has 0 aliphatic rings. The molecule has 0 saturated heterocycles. The number of halogens is 1. The van der Waals surface area contributed by atoms with Crippen LogP contribution in [0.15, 0.2) is 30.3 Å². The van der Waals surface area contributed by atoms with Crippen molar-refractivity contribution in [1.82, 2.24) is 15.1 Å². The van der Waals surface area contributed by atoms with Crippen LogP contribution in [0, 0.1) is 6.92 Å². The molecule has 2 heterocycles. The molecular weight excluding hydrogens is 332 g/mol. The van der Waals surface area contributed by atoms with E-state index in [4.69, 9.17) is 5.73 Å². The fourth-order valence-corrected chi connectivity index (χ4v) is 3.45. The number of nitrogens with one attached hydrogen (secondary N) is 1. The summed E-state index contributed by atoms with van der Waals surface area (Å²) in [6, 6.07) is 9.63. The van der Waals surface area contributed by atoms with Gasteiger partial charge < -0.3 is 11.1 Å². The number of nitrogen functional groups attached to an aromatic ring is 1. The van der Waals surface area contributed by atoms with E-state index in [0.29, 0.717) is 6.54 Å². The van der Waals surface area contributed by atoms with Crippen LogP contribution in [0.5, 0.6) is 0 Å². The largest absolute Gasteiger partial charge is 0.399 e. The van der Waals surface area contributed by atoms with Gasteiger partial charge in [-0.3, -0.25) is 9.48 Å². The lowest BCUT2D eigenvalue weighted by atomic mass is 10.1. The van der Waals surface area contributed by atoms with Gasteiger partial charge in [0.25, 0.3) is 5.91 Å². The summed E-state index contributed by atoms with van der Waals surface area (Å²) in [7, 11) is 1.90. The number of aromatic nitrogens is 2. The van der Waals surface area contributed by atoms with Crippen molar-refractivity contribution in [1.29, 1.82) is 0 Å². The van der Waals surface area contributed by atoms with Crippen LogP contribution in [0.1, 0.15) is 20.9 Å². The number of benzene rings is 1. The summed E-state index contributed by atoms with van der Waals surface area (Å²) in [5.41, 5.74) is 8.52. The van der Waals surface area contributed by atoms with Gasteiger partial charge in [-0.2, -0.15) is 5.10 Å². The minimum Gasteiger partial charge on any atom is -0.399 e. The molecule has 3 rings (SSSR count). The molecule has 1 amide bonds. The lowest BCUT2D eigenvalue weighted by molar-refractivity contribution is 0.0958. The second kappa shape index (κ2) is 7.02. The molecule has 2 aromatic heterocycles. The minimum atomic E-state index is -0.0314. The molecule has 122 valence electrons. The fourth-order valence-electron chi connectivity index (χ4n) is 2.41. The highest BCUT2D eigenvalue weighted by Gasteiger charge is 2.14. The van der Waals surface area contributed by atoms with Crippen molar-refractivity contribution >= 4 is 45.6 Å². The Morgan fingerprint density at radius 1 is 1.35 bits per heavy atom. The third-order valence-corrected chi connectivity index (χ3v) is 4.80. The molecule has 0 bridgehead atoms. The summed E-state index contributed by atoms with van der Waals surface area (Å²) in [6.07, 6.45) is 0.789. The highest BCUT2D eigenvalue weighted by molar-refractivity contribution is 7.20. The number of aryl methyl sites for hydroxylation is 2. The van der Waals surface area contributed by atoms with Gasteiger partial charge >= 0.3 is 0 Å². The summed E-state index contributed by atoms with van der Waals surface area (Å²) in [5, 5.41) is 8.36. The van der Waals surface area contributed by atoms with Crippen LogP contribution in [0.25, 0.3) is 10.2 Å². The van der Waals surface area contributed by atoms with Crippen molar-refractivity contribution in [2.24, 2.45) is 7.05 Å². The maximum Gasteiger partial charge on any atom is 0.261 e. The first-order chi connectivity index (χ1) is 10.5. The number of thiophene rings is 1. The molecule has 3 N–H and O–H groups in total. The number of nitrogens with two attached hydrogens (primary N) is 1. The van der Waals surface area contributed by atoms with Crippen LogP contribution in [0.3, 0.4) is 0 Å². The number of hydrogen-bond acceptors (Lipinski definition) is 4. The number of fused-ring (bicyclic) bond motifs is 1. The second-order valence-electron chi connectivity index (χ2n) is 5.29. The molecular formula is C16H19ClN4OS. The van der Waals surface area contributed by atoms with Gasteiger partial charge in [-0.25, -0.2) is 0 Å². The molecule has 3 aromatic rings. The van der Waals surface area contributed by atoms with Crippen LogP contribution < -0.4 is 11.1 Å². The maximum absolute atomic E-state index is 12.2. The van der Waals surface area contributed by atoms with E-state index >= 15 is 0 Å². The Balaban J connectivity index is 0.00000192. The van der Waals surface area contributed by atoms with Crippen molar-refractivity contribution in [2.45, 2.75) is 13.3 Å². The van der Waals surface area contributed by atoms with Crippen molar-refractivity contribution in [3.63, 3.8) is 0 Å². The molecule has 0 saturated carbocycles. The van der Waals surface area contributed by atoms with Crippen LogP contribution >= 0.6 is 23.7 Å². The first kappa shape index (κ1) is 17.3. The summed E-state index contributed by atoms with van der Waals surface area (Å²) < 4.78 is 1.82. The lowest BCUT2D eigenvalue weighted by Crippen LogP contribution is -2.24. The Morgan fingerprint density at radius 3 is 2.70 bits per heavy atom. The molecule has 7 heteroatoms. The van der Waals surface area contributed by atoms with E-state index in [1.807, 2.05) is 49.0 Å². The third kappa shape index (κ3) is 3.65. The Labute approximate surface area is 144 Å². The maximum atomic E-state index is 12.2. The van der Waals surface area contributed by atoms with E-state index in [1.165, 1.54) is 11.3 Å². The number of nitrogens with zero attached hydrogens (tertiary/aromatic N) is 2. The Morgan fingerprint density at radius 2 is 2.04 bits per heavy atom. The standard InChI is InChI=1S/C16H18N4OS.ClH/c1-10-13-9-14(22-16(13)20(2)19-10)15(21)18-8-7-11-3-5-12(17)6-4-11;/h3-6,9H,7-8,17H2,1-2H3,(H,18,21);1H. The van der Waals surface area contributed by atoms with Crippen LogP contribution in [0.4, 0.5) is 5.69 Å². The number of amides is 1. The van der Waals surface area contributed by atoms with Crippen molar-refractivity contribution in [3.05, 3.63) is 46.5 Å². The van der Waals surface area contributed by atoms with Crippen molar-refractivity contribution in [3.8, 4) is 0 Å². The van der Waals surface area contributed by atoms with E-state index in [2.05, 4.69) is 10.4 Å². The molecule has 5 nitrogen and oxygen atoms in total. The van der Waals surface area contributed by atoms with Gasteiger partial charge in [-0.1, -0.05) is 12.1 Å². The van der Waals surface area contributed by atoms with Crippen LogP contribution in [-0.2, 0) is 13.5 Å². The van der Waals surface area contributed by atoms with Gasteiger partial charge in [0.1, 0.15) is 4.83 Å². The highest BCUT2D eigenvalue weighted by Crippen LogP contribution is 2.27. The molecule has 0 radical (unpaired) electrons.